The predicted molar refractivity (Wildman–Crippen MR) is 109 cm³/mol. The first kappa shape index (κ1) is 20.0. The van der Waals surface area contributed by atoms with E-state index in [2.05, 4.69) is 20.9 Å². The Kier molecular flexibility index (Phi) is 5.67. The molecule has 4 rings (SSSR count). The minimum absolute atomic E-state index is 0.00169. The molecule has 7 nitrogen and oxygen atoms in total. The summed E-state index contributed by atoms with van der Waals surface area (Å²) in [7, 11) is -3.59. The van der Waals surface area contributed by atoms with Crippen LogP contribution < -0.4 is 16.0 Å². The van der Waals surface area contributed by atoms with Gasteiger partial charge < -0.3 is 16.0 Å². The fourth-order valence-electron chi connectivity index (χ4n) is 4.05. The Morgan fingerprint density at radius 2 is 1.93 bits per heavy atom. The van der Waals surface area contributed by atoms with E-state index in [1.165, 1.54) is 6.20 Å². The molecule has 0 aliphatic carbocycles. The minimum atomic E-state index is -3.59. The molecule has 2 fully saturated rings. The van der Waals surface area contributed by atoms with Crippen LogP contribution in [0.25, 0.3) is 0 Å². The second-order valence-electron chi connectivity index (χ2n) is 7.81. The lowest BCUT2D eigenvalue weighted by Gasteiger charge is -2.25. The fraction of sp³-hybridized carbons (Fsp3) is 0.429. The number of aromatic nitrogens is 1. The highest BCUT2D eigenvalue weighted by atomic mass is 32.2. The van der Waals surface area contributed by atoms with Gasteiger partial charge >= 0.3 is 0 Å². The van der Waals surface area contributed by atoms with E-state index in [0.29, 0.717) is 18.5 Å². The molecule has 3 unspecified atom stereocenters. The van der Waals surface area contributed by atoms with Crippen LogP contribution in [0.3, 0.4) is 0 Å². The lowest BCUT2D eigenvalue weighted by molar-refractivity contribution is -0.123. The van der Waals surface area contributed by atoms with E-state index >= 15 is 0 Å². The Balaban J connectivity index is 1.36. The van der Waals surface area contributed by atoms with Gasteiger partial charge in [-0.05, 0) is 68.6 Å². The fourth-order valence-corrected chi connectivity index (χ4v) is 5.26. The third kappa shape index (κ3) is 4.34. The molecule has 3 heterocycles. The van der Waals surface area contributed by atoms with Gasteiger partial charge in [0.1, 0.15) is 0 Å². The Bertz CT molecular complexity index is 960. The van der Waals surface area contributed by atoms with Crippen molar-refractivity contribution in [3.05, 3.63) is 53.9 Å². The molecule has 154 valence electrons. The molecule has 0 bridgehead atoms. The number of carbonyl (C=O) groups is 1. The number of carbonyl (C=O) groups excluding carboxylic acids is 1. The number of hydrogen-bond acceptors (Lipinski definition) is 6. The lowest BCUT2D eigenvalue weighted by Crippen LogP contribution is -2.45. The molecule has 2 aliphatic heterocycles. The first-order chi connectivity index (χ1) is 13.9. The van der Waals surface area contributed by atoms with E-state index < -0.39 is 9.84 Å². The van der Waals surface area contributed by atoms with Crippen LogP contribution in [0.1, 0.15) is 24.1 Å². The number of benzene rings is 1. The molecule has 8 heteroatoms. The van der Waals surface area contributed by atoms with Crippen molar-refractivity contribution in [2.24, 2.45) is 5.92 Å². The summed E-state index contributed by atoms with van der Waals surface area (Å²) < 4.78 is 25.4. The van der Waals surface area contributed by atoms with Crippen LogP contribution >= 0.6 is 0 Å². The van der Waals surface area contributed by atoms with Crippen molar-refractivity contribution in [2.45, 2.75) is 48.2 Å². The van der Waals surface area contributed by atoms with Crippen molar-refractivity contribution in [1.82, 2.24) is 20.9 Å². The second kappa shape index (κ2) is 8.22. The first-order valence-corrected chi connectivity index (χ1v) is 11.4. The Hall–Kier alpha value is -2.29. The van der Waals surface area contributed by atoms with Crippen molar-refractivity contribution in [2.75, 3.05) is 13.1 Å². The number of pyridine rings is 1. The molecule has 0 spiro atoms. The van der Waals surface area contributed by atoms with Gasteiger partial charge in [0.25, 0.3) is 0 Å². The van der Waals surface area contributed by atoms with Crippen LogP contribution in [-0.4, -0.2) is 44.5 Å². The van der Waals surface area contributed by atoms with E-state index in [9.17, 15) is 13.2 Å². The summed E-state index contributed by atoms with van der Waals surface area (Å²) in [6.45, 7) is 4.15. The molecular formula is C21H26N4O3S. The smallest absolute Gasteiger partial charge is 0.237 e. The molecule has 29 heavy (non-hydrogen) atoms. The van der Waals surface area contributed by atoms with E-state index in [0.717, 1.165) is 37.2 Å². The molecular weight excluding hydrogens is 388 g/mol. The summed E-state index contributed by atoms with van der Waals surface area (Å²) in [5, 5.41) is 9.79. The highest BCUT2D eigenvalue weighted by molar-refractivity contribution is 7.91. The highest BCUT2D eigenvalue weighted by Crippen LogP contribution is 2.25. The topological polar surface area (TPSA) is 100 Å². The van der Waals surface area contributed by atoms with E-state index in [4.69, 9.17) is 0 Å². The summed E-state index contributed by atoms with van der Waals surface area (Å²) >= 11 is 0. The van der Waals surface area contributed by atoms with Crippen LogP contribution in [-0.2, 0) is 21.2 Å². The van der Waals surface area contributed by atoms with Crippen LogP contribution in [0.15, 0.2) is 52.4 Å². The van der Waals surface area contributed by atoms with Crippen molar-refractivity contribution in [3.8, 4) is 0 Å². The van der Waals surface area contributed by atoms with Crippen LogP contribution in [0.5, 0.6) is 0 Å². The average molecular weight is 415 g/mol. The van der Waals surface area contributed by atoms with Gasteiger partial charge in [-0.25, -0.2) is 8.42 Å². The number of piperidine rings is 1. The molecule has 3 atom stereocenters. The second-order valence-corrected chi connectivity index (χ2v) is 9.76. The summed E-state index contributed by atoms with van der Waals surface area (Å²) in [5.41, 5.74) is 1.62. The Labute approximate surface area is 171 Å². The molecule has 1 aromatic carbocycles. The van der Waals surface area contributed by atoms with Crippen molar-refractivity contribution < 1.29 is 13.2 Å². The highest BCUT2D eigenvalue weighted by Gasteiger charge is 2.38. The molecule has 0 saturated carbocycles. The maximum absolute atomic E-state index is 12.7. The van der Waals surface area contributed by atoms with E-state index in [1.54, 1.807) is 36.4 Å². The number of aryl methyl sites for hydroxylation is 1. The number of hydrogen-bond donors (Lipinski definition) is 3. The van der Waals surface area contributed by atoms with Gasteiger partial charge in [-0.3, -0.25) is 9.78 Å². The summed E-state index contributed by atoms with van der Waals surface area (Å²) in [4.78, 5) is 17.0. The van der Waals surface area contributed by atoms with Gasteiger partial charge in [0, 0.05) is 24.5 Å². The third-order valence-corrected chi connectivity index (χ3v) is 7.53. The van der Waals surface area contributed by atoms with Gasteiger partial charge in [0.2, 0.25) is 15.7 Å². The molecule has 2 aliphatic rings. The average Bonchev–Trinajstić information content (AvgIpc) is 3.17. The quantitative estimate of drug-likeness (QED) is 0.679. The van der Waals surface area contributed by atoms with Gasteiger partial charge in [-0.15, -0.1) is 0 Å². The molecule has 1 amide bonds. The maximum Gasteiger partial charge on any atom is 0.237 e. The Morgan fingerprint density at radius 1 is 1.17 bits per heavy atom. The minimum Gasteiger partial charge on any atom is -0.351 e. The van der Waals surface area contributed by atoms with E-state index in [-0.39, 0.29) is 21.7 Å². The summed E-state index contributed by atoms with van der Waals surface area (Å²) in [5.74, 6) is 0.516. The van der Waals surface area contributed by atoms with Crippen molar-refractivity contribution in [3.63, 3.8) is 0 Å². The van der Waals surface area contributed by atoms with Gasteiger partial charge in [0.05, 0.1) is 15.8 Å². The lowest BCUT2D eigenvalue weighted by atomic mass is 9.94. The number of sulfone groups is 1. The van der Waals surface area contributed by atoms with Crippen molar-refractivity contribution in [1.29, 1.82) is 0 Å². The first-order valence-electron chi connectivity index (χ1n) is 9.94. The third-order valence-electron chi connectivity index (χ3n) is 5.77. The zero-order valence-corrected chi connectivity index (χ0v) is 17.2. The number of rotatable bonds is 5. The number of fused-ring (bicyclic) bond motifs is 1. The summed E-state index contributed by atoms with van der Waals surface area (Å²) in [6.07, 6.45) is 3.28. The SMILES string of the molecule is Cc1ccc(S(=O)(=O)c2ccc(CNC(=O)C3CC4CNCCC4N3)cc2)cn1. The Morgan fingerprint density at radius 3 is 2.62 bits per heavy atom. The number of amides is 1. The number of nitrogens with one attached hydrogen (secondary N) is 3. The molecule has 3 N–H and O–H groups in total. The monoisotopic (exact) mass is 414 g/mol. The predicted octanol–water partition coefficient (Wildman–Crippen LogP) is 1.18. The van der Waals surface area contributed by atoms with Crippen LogP contribution in [0.2, 0.25) is 0 Å². The van der Waals surface area contributed by atoms with Crippen LogP contribution in [0.4, 0.5) is 0 Å². The number of nitrogens with zero attached hydrogens (tertiary/aromatic N) is 1. The molecule has 1 aromatic heterocycles. The standard InChI is InChI=1S/C21H26N4O3S/c1-14-2-5-18(13-23-14)29(27,28)17-6-3-15(4-7-17)11-24-21(26)20-10-16-12-22-9-8-19(16)25-20/h2-7,13,16,19-20,22,25H,8-12H2,1H3,(H,24,26). The molecule has 0 radical (unpaired) electrons. The van der Waals surface area contributed by atoms with Gasteiger partial charge in [-0.2, -0.15) is 0 Å². The zero-order chi connectivity index (χ0) is 20.4. The van der Waals surface area contributed by atoms with E-state index in [1.807, 2.05) is 6.92 Å². The van der Waals surface area contributed by atoms with Crippen molar-refractivity contribution >= 4 is 15.7 Å². The van der Waals surface area contributed by atoms with Gasteiger partial charge in [0.15, 0.2) is 0 Å². The maximum atomic E-state index is 12.7. The normalized spacial score (nSPS) is 24.1. The summed E-state index contributed by atoms with van der Waals surface area (Å²) in [6, 6.07) is 10.1. The molecule has 2 saturated heterocycles. The zero-order valence-electron chi connectivity index (χ0n) is 16.4. The molecule has 2 aromatic rings. The van der Waals surface area contributed by atoms with Gasteiger partial charge in [-0.1, -0.05) is 12.1 Å². The van der Waals surface area contributed by atoms with Crippen LogP contribution in [0, 0.1) is 12.8 Å². The largest absolute Gasteiger partial charge is 0.351 e.